The van der Waals surface area contributed by atoms with Crippen molar-refractivity contribution in [2.24, 2.45) is 5.73 Å². The molecule has 0 unspecified atom stereocenters. The number of hydrogen-bond acceptors (Lipinski definition) is 4. The second-order valence-electron chi connectivity index (χ2n) is 3.88. The van der Waals surface area contributed by atoms with Crippen LogP contribution in [0.15, 0.2) is 30.5 Å². The second kappa shape index (κ2) is 5.01. The summed E-state index contributed by atoms with van der Waals surface area (Å²) in [5, 5.41) is 0. The first kappa shape index (κ1) is 11.0. The van der Waals surface area contributed by atoms with Crippen LogP contribution in [0, 0.1) is 0 Å². The van der Waals surface area contributed by atoms with Gasteiger partial charge in [-0.2, -0.15) is 0 Å². The monoisotopic (exact) mass is 216 g/mol. The molecule has 16 heavy (non-hydrogen) atoms. The van der Waals surface area contributed by atoms with E-state index in [1.807, 2.05) is 37.5 Å². The van der Waals surface area contributed by atoms with E-state index < -0.39 is 0 Å². The highest BCUT2D eigenvalue weighted by atomic mass is 15.1. The van der Waals surface area contributed by atoms with E-state index in [0.29, 0.717) is 6.54 Å². The second-order valence-corrected chi connectivity index (χ2v) is 3.88. The molecule has 4 nitrogen and oxygen atoms in total. The minimum atomic E-state index is 0.664. The molecule has 0 aliphatic carbocycles. The first-order valence-electron chi connectivity index (χ1n) is 5.39. The summed E-state index contributed by atoms with van der Waals surface area (Å²) in [5.41, 5.74) is 8.36. The van der Waals surface area contributed by atoms with Gasteiger partial charge in [0.25, 0.3) is 0 Å². The Bertz CT molecular complexity index is 469. The van der Waals surface area contributed by atoms with Crippen LogP contribution in [0.1, 0.15) is 5.69 Å². The Kier molecular flexibility index (Phi) is 3.44. The van der Waals surface area contributed by atoms with Crippen molar-refractivity contribution in [2.75, 3.05) is 20.1 Å². The molecule has 0 fully saturated rings. The summed E-state index contributed by atoms with van der Waals surface area (Å²) in [4.78, 5) is 11.1. The SMILES string of the molecule is CN(CCN)Cc1cnc2ccccc2n1. The van der Waals surface area contributed by atoms with Gasteiger partial charge in [0.2, 0.25) is 0 Å². The van der Waals surface area contributed by atoms with Crippen LogP contribution in [0.4, 0.5) is 0 Å². The molecule has 2 aromatic rings. The lowest BCUT2D eigenvalue weighted by Crippen LogP contribution is -2.25. The Morgan fingerprint density at radius 2 is 2.00 bits per heavy atom. The fourth-order valence-electron chi connectivity index (χ4n) is 1.65. The predicted molar refractivity (Wildman–Crippen MR) is 64.9 cm³/mol. The van der Waals surface area contributed by atoms with Crippen molar-refractivity contribution in [1.29, 1.82) is 0 Å². The molecule has 0 bridgehead atoms. The fourth-order valence-corrected chi connectivity index (χ4v) is 1.65. The summed E-state index contributed by atoms with van der Waals surface area (Å²) in [7, 11) is 2.03. The molecule has 1 aromatic carbocycles. The number of fused-ring (bicyclic) bond motifs is 1. The Labute approximate surface area is 95.1 Å². The van der Waals surface area contributed by atoms with E-state index in [9.17, 15) is 0 Å². The maximum absolute atomic E-state index is 5.50. The largest absolute Gasteiger partial charge is 0.329 e. The minimum absolute atomic E-state index is 0.664. The van der Waals surface area contributed by atoms with E-state index in [1.165, 1.54) is 0 Å². The summed E-state index contributed by atoms with van der Waals surface area (Å²) >= 11 is 0. The number of para-hydroxylation sites is 2. The lowest BCUT2D eigenvalue weighted by molar-refractivity contribution is 0.332. The van der Waals surface area contributed by atoms with Gasteiger partial charge in [-0.25, -0.2) is 4.98 Å². The summed E-state index contributed by atoms with van der Waals surface area (Å²) in [6.07, 6.45) is 1.83. The molecule has 2 rings (SSSR count). The van der Waals surface area contributed by atoms with Crippen molar-refractivity contribution in [3.63, 3.8) is 0 Å². The van der Waals surface area contributed by atoms with Gasteiger partial charge >= 0.3 is 0 Å². The molecule has 0 aliphatic rings. The van der Waals surface area contributed by atoms with Gasteiger partial charge in [0.05, 0.1) is 22.9 Å². The van der Waals surface area contributed by atoms with Gasteiger partial charge in [0.1, 0.15) is 0 Å². The van der Waals surface area contributed by atoms with Crippen LogP contribution in [0.5, 0.6) is 0 Å². The smallest absolute Gasteiger partial charge is 0.0890 e. The number of likely N-dealkylation sites (N-methyl/N-ethyl adjacent to an activating group) is 1. The third-order valence-corrected chi connectivity index (χ3v) is 2.44. The summed E-state index contributed by atoms with van der Waals surface area (Å²) < 4.78 is 0. The topological polar surface area (TPSA) is 55.0 Å². The Morgan fingerprint density at radius 1 is 1.25 bits per heavy atom. The van der Waals surface area contributed by atoms with Crippen molar-refractivity contribution in [1.82, 2.24) is 14.9 Å². The lowest BCUT2D eigenvalue weighted by atomic mass is 10.3. The molecule has 0 saturated heterocycles. The highest BCUT2D eigenvalue weighted by Crippen LogP contribution is 2.09. The molecular weight excluding hydrogens is 200 g/mol. The molecule has 0 atom stereocenters. The average Bonchev–Trinajstić information content (AvgIpc) is 2.29. The summed E-state index contributed by atoms with van der Waals surface area (Å²) in [5.74, 6) is 0. The van der Waals surface area contributed by atoms with Crippen molar-refractivity contribution < 1.29 is 0 Å². The molecule has 1 heterocycles. The van der Waals surface area contributed by atoms with E-state index in [4.69, 9.17) is 5.73 Å². The molecular formula is C12H16N4. The van der Waals surface area contributed by atoms with Gasteiger partial charge < -0.3 is 5.73 Å². The molecule has 0 radical (unpaired) electrons. The fraction of sp³-hybridized carbons (Fsp3) is 0.333. The predicted octanol–water partition coefficient (Wildman–Crippen LogP) is 1.02. The normalized spacial score (nSPS) is 11.2. The van der Waals surface area contributed by atoms with Crippen LogP contribution in [0.2, 0.25) is 0 Å². The zero-order valence-corrected chi connectivity index (χ0v) is 9.43. The summed E-state index contributed by atoms with van der Waals surface area (Å²) in [6.45, 7) is 2.32. The first-order valence-corrected chi connectivity index (χ1v) is 5.39. The van der Waals surface area contributed by atoms with Gasteiger partial charge in [-0.15, -0.1) is 0 Å². The maximum Gasteiger partial charge on any atom is 0.0890 e. The van der Waals surface area contributed by atoms with E-state index in [0.717, 1.165) is 29.8 Å². The minimum Gasteiger partial charge on any atom is -0.329 e. The molecule has 84 valence electrons. The van der Waals surface area contributed by atoms with Gasteiger partial charge in [0, 0.05) is 19.6 Å². The molecule has 0 amide bonds. The Hall–Kier alpha value is -1.52. The Morgan fingerprint density at radius 3 is 2.75 bits per heavy atom. The summed E-state index contributed by atoms with van der Waals surface area (Å²) in [6, 6.07) is 7.89. The highest BCUT2D eigenvalue weighted by Gasteiger charge is 2.02. The zero-order valence-electron chi connectivity index (χ0n) is 9.43. The van der Waals surface area contributed by atoms with Crippen LogP contribution < -0.4 is 5.73 Å². The standard InChI is InChI=1S/C12H16N4/c1-16(7-6-13)9-10-8-14-11-4-2-3-5-12(11)15-10/h2-5,8H,6-7,9,13H2,1H3. The average molecular weight is 216 g/mol. The first-order chi connectivity index (χ1) is 7.79. The van der Waals surface area contributed by atoms with Gasteiger partial charge in [0.15, 0.2) is 0 Å². The van der Waals surface area contributed by atoms with Crippen molar-refractivity contribution in [3.05, 3.63) is 36.2 Å². The van der Waals surface area contributed by atoms with Gasteiger partial charge in [-0.1, -0.05) is 12.1 Å². The van der Waals surface area contributed by atoms with Crippen molar-refractivity contribution in [3.8, 4) is 0 Å². The van der Waals surface area contributed by atoms with E-state index >= 15 is 0 Å². The number of nitrogens with two attached hydrogens (primary N) is 1. The Balaban J connectivity index is 2.19. The number of rotatable bonds is 4. The van der Waals surface area contributed by atoms with Gasteiger partial charge in [-0.3, -0.25) is 9.88 Å². The maximum atomic E-state index is 5.50. The van der Waals surface area contributed by atoms with Crippen molar-refractivity contribution in [2.45, 2.75) is 6.54 Å². The van der Waals surface area contributed by atoms with Crippen molar-refractivity contribution >= 4 is 11.0 Å². The van der Waals surface area contributed by atoms with Crippen LogP contribution in [0.3, 0.4) is 0 Å². The van der Waals surface area contributed by atoms with Crippen LogP contribution >= 0.6 is 0 Å². The van der Waals surface area contributed by atoms with Gasteiger partial charge in [-0.05, 0) is 19.2 Å². The number of benzene rings is 1. The number of nitrogens with zero attached hydrogens (tertiary/aromatic N) is 3. The van der Waals surface area contributed by atoms with E-state index in [-0.39, 0.29) is 0 Å². The van der Waals surface area contributed by atoms with Crippen LogP contribution in [-0.2, 0) is 6.54 Å². The highest BCUT2D eigenvalue weighted by molar-refractivity contribution is 5.73. The molecule has 0 spiro atoms. The molecule has 4 heteroatoms. The van der Waals surface area contributed by atoms with E-state index in [2.05, 4.69) is 14.9 Å². The third kappa shape index (κ3) is 2.53. The number of hydrogen-bond donors (Lipinski definition) is 1. The zero-order chi connectivity index (χ0) is 11.4. The molecule has 0 aliphatic heterocycles. The van der Waals surface area contributed by atoms with Crippen LogP contribution in [-0.4, -0.2) is 35.0 Å². The molecule has 2 N–H and O–H groups in total. The lowest BCUT2D eigenvalue weighted by Gasteiger charge is -2.14. The van der Waals surface area contributed by atoms with E-state index in [1.54, 1.807) is 0 Å². The number of aromatic nitrogens is 2. The van der Waals surface area contributed by atoms with Crippen LogP contribution in [0.25, 0.3) is 11.0 Å². The molecule has 0 saturated carbocycles. The molecule has 1 aromatic heterocycles. The third-order valence-electron chi connectivity index (χ3n) is 2.44. The quantitative estimate of drug-likeness (QED) is 0.829.